The van der Waals surface area contributed by atoms with Crippen molar-refractivity contribution < 1.29 is 4.79 Å². The molecule has 0 spiro atoms. The highest BCUT2D eigenvalue weighted by Gasteiger charge is 2.30. The van der Waals surface area contributed by atoms with Crippen LogP contribution in [0.4, 0.5) is 0 Å². The van der Waals surface area contributed by atoms with Crippen LogP contribution in [0.2, 0.25) is 0 Å². The molecule has 0 aromatic heterocycles. The van der Waals surface area contributed by atoms with Crippen LogP contribution in [-0.2, 0) is 4.79 Å². The highest BCUT2D eigenvalue weighted by atomic mass is 16.1. The molecule has 1 atom stereocenters. The van der Waals surface area contributed by atoms with Crippen LogP contribution in [0.15, 0.2) is 0 Å². The lowest BCUT2D eigenvalue weighted by atomic mass is 10.0. The molecule has 1 amide bonds. The summed E-state index contributed by atoms with van der Waals surface area (Å²) in [4.78, 5) is 17.2. The van der Waals surface area contributed by atoms with Gasteiger partial charge in [-0.1, -0.05) is 0 Å². The predicted octanol–water partition coefficient (Wildman–Crippen LogP) is 0.154. The van der Waals surface area contributed by atoms with Crippen molar-refractivity contribution in [3.8, 4) is 0 Å². The molecule has 4 nitrogen and oxygen atoms in total. The fourth-order valence-corrected chi connectivity index (χ4v) is 2.89. The Hall–Kier alpha value is -0.610. The van der Waals surface area contributed by atoms with Crippen molar-refractivity contribution in [1.29, 1.82) is 0 Å². The van der Waals surface area contributed by atoms with Gasteiger partial charge in [0.2, 0.25) is 0 Å². The third-order valence-electron chi connectivity index (χ3n) is 4.04. The summed E-state index contributed by atoms with van der Waals surface area (Å²) in [6.07, 6.45) is 5.65. The van der Waals surface area contributed by atoms with Crippen molar-refractivity contribution in [3.63, 3.8) is 0 Å². The summed E-state index contributed by atoms with van der Waals surface area (Å²) < 4.78 is 0. The number of carbonyl (C=O) groups excluding carboxylic acids is 1. The highest BCUT2D eigenvalue weighted by molar-refractivity contribution is 5.48. The van der Waals surface area contributed by atoms with E-state index in [4.69, 9.17) is 0 Å². The minimum absolute atomic E-state index is 0.588. The molecule has 2 fully saturated rings. The average Bonchev–Trinajstić information content (AvgIpc) is 2.77. The van der Waals surface area contributed by atoms with Gasteiger partial charge in [0.25, 0.3) is 0 Å². The van der Waals surface area contributed by atoms with Gasteiger partial charge < -0.3 is 9.80 Å². The molecule has 0 aliphatic carbocycles. The molecule has 2 saturated heterocycles. The van der Waals surface area contributed by atoms with E-state index in [0.717, 1.165) is 25.6 Å². The topological polar surface area (TPSA) is 26.8 Å². The average molecular weight is 224 g/mol. The van der Waals surface area contributed by atoms with Gasteiger partial charge in [-0.05, 0) is 46.4 Å². The normalized spacial score (nSPS) is 28.9. The Morgan fingerprint density at radius 1 is 1.12 bits per heavy atom. The Morgan fingerprint density at radius 2 is 1.81 bits per heavy atom. The van der Waals surface area contributed by atoms with Gasteiger partial charge in [0, 0.05) is 25.2 Å². The first-order valence-corrected chi connectivity index (χ1v) is 6.24. The van der Waals surface area contributed by atoms with Gasteiger partial charge in [0.05, 0.1) is 0 Å². The maximum absolute atomic E-state index is 10.6. The summed E-state index contributed by atoms with van der Waals surface area (Å²) in [6.45, 7) is 4.14. The quantitative estimate of drug-likeness (QED) is 0.683. The van der Waals surface area contributed by atoms with Crippen LogP contribution < -0.4 is 0 Å². The highest BCUT2D eigenvalue weighted by Crippen LogP contribution is 2.21. The molecular formula is C12H22N3O. The van der Waals surface area contributed by atoms with Crippen molar-refractivity contribution in [3.05, 3.63) is 0 Å². The fraction of sp³-hybridized carbons (Fsp3) is 0.917. The summed E-state index contributed by atoms with van der Waals surface area (Å²) in [5, 5.41) is 0. The van der Waals surface area contributed by atoms with Crippen LogP contribution >= 0.6 is 0 Å². The number of amides is 1. The number of hydrogen-bond donors (Lipinski definition) is 0. The summed E-state index contributed by atoms with van der Waals surface area (Å²) >= 11 is 0. The molecule has 2 aliphatic rings. The second kappa shape index (κ2) is 5.15. The van der Waals surface area contributed by atoms with Crippen molar-refractivity contribution in [2.45, 2.75) is 31.3 Å². The van der Waals surface area contributed by atoms with E-state index >= 15 is 0 Å². The molecule has 0 N–H and O–H groups in total. The zero-order valence-corrected chi connectivity index (χ0v) is 10.4. The van der Waals surface area contributed by atoms with Crippen molar-refractivity contribution in [2.75, 3.05) is 40.3 Å². The number of rotatable bonds is 3. The van der Waals surface area contributed by atoms with Crippen LogP contribution in [0.1, 0.15) is 19.3 Å². The number of piperidine rings is 1. The number of hydrogen-bond acceptors (Lipinski definition) is 3. The molecule has 16 heavy (non-hydrogen) atoms. The maximum atomic E-state index is 10.6. The van der Waals surface area contributed by atoms with Gasteiger partial charge >= 0.3 is 6.41 Å². The van der Waals surface area contributed by atoms with Crippen molar-refractivity contribution >= 4 is 6.41 Å². The van der Waals surface area contributed by atoms with E-state index in [9.17, 15) is 4.79 Å². The van der Waals surface area contributed by atoms with Gasteiger partial charge in [-0.3, -0.25) is 9.69 Å². The minimum atomic E-state index is 0.588. The zero-order valence-electron chi connectivity index (χ0n) is 10.4. The van der Waals surface area contributed by atoms with Gasteiger partial charge in [0.15, 0.2) is 0 Å². The summed E-state index contributed by atoms with van der Waals surface area (Å²) in [5.41, 5.74) is 0. The van der Waals surface area contributed by atoms with E-state index in [1.807, 2.05) is 6.41 Å². The van der Waals surface area contributed by atoms with Gasteiger partial charge in [-0.25, -0.2) is 0 Å². The van der Waals surface area contributed by atoms with Gasteiger partial charge in [0.1, 0.15) is 0 Å². The van der Waals surface area contributed by atoms with Crippen LogP contribution in [0.5, 0.6) is 0 Å². The molecule has 0 unspecified atom stereocenters. The molecule has 0 bridgehead atoms. The van der Waals surface area contributed by atoms with Gasteiger partial charge in [-0.2, -0.15) is 0 Å². The van der Waals surface area contributed by atoms with Gasteiger partial charge in [-0.15, -0.1) is 0 Å². The summed E-state index contributed by atoms with van der Waals surface area (Å²) in [6, 6.07) is 1.33. The molecule has 0 aromatic rings. The summed E-state index contributed by atoms with van der Waals surface area (Å²) in [5.74, 6) is 0. The molecule has 0 saturated carbocycles. The van der Waals surface area contributed by atoms with Crippen LogP contribution in [0.3, 0.4) is 0 Å². The second-order valence-corrected chi connectivity index (χ2v) is 5.21. The Labute approximate surface area is 98.2 Å². The van der Waals surface area contributed by atoms with E-state index in [0.29, 0.717) is 6.04 Å². The van der Waals surface area contributed by atoms with E-state index in [1.54, 1.807) is 4.90 Å². The minimum Gasteiger partial charge on any atom is -0.333 e. The Kier molecular flexibility index (Phi) is 3.82. The summed E-state index contributed by atoms with van der Waals surface area (Å²) in [7, 11) is 4.33. The van der Waals surface area contributed by atoms with E-state index < -0.39 is 0 Å². The third kappa shape index (κ3) is 2.55. The third-order valence-corrected chi connectivity index (χ3v) is 4.04. The zero-order chi connectivity index (χ0) is 11.5. The Bertz CT molecular complexity index is 236. The molecule has 2 aliphatic heterocycles. The SMILES string of the molecule is CN(C)C1CCN([C@H]2CCN([C]=O)C2)CC1. The molecule has 4 heteroatoms. The largest absolute Gasteiger partial charge is 0.333 e. The van der Waals surface area contributed by atoms with Crippen LogP contribution in [0, 0.1) is 0 Å². The lowest BCUT2D eigenvalue weighted by Gasteiger charge is -2.38. The number of nitrogens with zero attached hydrogens (tertiary/aromatic N) is 3. The smallest absolute Gasteiger partial charge is 0.312 e. The lowest BCUT2D eigenvalue weighted by molar-refractivity contribution is 0.112. The van der Waals surface area contributed by atoms with E-state index in [-0.39, 0.29) is 0 Å². The first-order chi connectivity index (χ1) is 7.70. The second-order valence-electron chi connectivity index (χ2n) is 5.21. The Morgan fingerprint density at radius 3 is 2.31 bits per heavy atom. The lowest BCUT2D eigenvalue weighted by Crippen LogP contribution is -2.47. The first kappa shape index (κ1) is 11.9. The monoisotopic (exact) mass is 224 g/mol. The van der Waals surface area contributed by atoms with E-state index in [2.05, 4.69) is 23.9 Å². The molecule has 1 radical (unpaired) electrons. The molecule has 2 rings (SSSR count). The van der Waals surface area contributed by atoms with Crippen molar-refractivity contribution in [1.82, 2.24) is 14.7 Å². The first-order valence-electron chi connectivity index (χ1n) is 6.24. The maximum Gasteiger partial charge on any atom is 0.312 e. The van der Waals surface area contributed by atoms with Crippen LogP contribution in [0.25, 0.3) is 0 Å². The standard InChI is InChI=1S/C12H22N3O/c1-13(2)11-4-7-15(8-5-11)12-3-6-14(9-12)10-16/h11-12H,3-9H2,1-2H3/t12-/m0/s1. The molecular weight excluding hydrogens is 202 g/mol. The van der Waals surface area contributed by atoms with Crippen LogP contribution in [-0.4, -0.2) is 73.5 Å². The number of likely N-dealkylation sites (tertiary alicyclic amines) is 2. The van der Waals surface area contributed by atoms with Crippen molar-refractivity contribution in [2.24, 2.45) is 0 Å². The molecule has 91 valence electrons. The Balaban J connectivity index is 1.79. The molecule has 2 heterocycles. The fourth-order valence-electron chi connectivity index (χ4n) is 2.89. The van der Waals surface area contributed by atoms with E-state index in [1.165, 1.54) is 25.9 Å². The predicted molar refractivity (Wildman–Crippen MR) is 64.0 cm³/mol. The molecule has 0 aromatic carbocycles.